The van der Waals surface area contributed by atoms with Crippen molar-refractivity contribution in [2.45, 2.75) is 46.2 Å². The molecular weight excluding hydrogens is 176 g/mol. The monoisotopic (exact) mass is 198 g/mol. The summed E-state index contributed by atoms with van der Waals surface area (Å²) in [6.07, 6.45) is 0. The zero-order valence-electron chi connectivity index (χ0n) is 9.85. The van der Waals surface area contributed by atoms with E-state index in [-0.39, 0.29) is 17.7 Å². The molecule has 0 aromatic heterocycles. The molecule has 0 fully saturated rings. The number of hydrogen-bond acceptors (Lipinski definition) is 3. The maximum Gasteiger partial charge on any atom is 0.152 e. The first-order chi connectivity index (χ1) is 6.16. The van der Waals surface area contributed by atoms with E-state index in [1.54, 1.807) is 6.92 Å². The molecule has 0 heterocycles. The quantitative estimate of drug-likeness (QED) is 0.703. The lowest BCUT2D eigenvalue weighted by molar-refractivity contribution is -0.119. The molecule has 14 heavy (non-hydrogen) atoms. The minimum atomic E-state index is -0.497. The largest absolute Gasteiger partial charge is 0.377 e. The van der Waals surface area contributed by atoms with Gasteiger partial charge in [-0.3, -0.25) is 4.79 Å². The Hall–Kier alpha value is -0.830. The first-order valence-electron chi connectivity index (χ1n) is 4.91. The van der Waals surface area contributed by atoms with Crippen molar-refractivity contribution in [3.63, 3.8) is 0 Å². The summed E-state index contributed by atoms with van der Waals surface area (Å²) in [5.41, 5.74) is 6.06. The Morgan fingerprint density at radius 3 is 2.07 bits per heavy atom. The van der Waals surface area contributed by atoms with E-state index in [1.807, 2.05) is 27.7 Å². The average Bonchev–Trinajstić information content (AvgIpc) is 1.96. The van der Waals surface area contributed by atoms with Crippen LogP contribution in [-0.4, -0.2) is 17.4 Å². The van der Waals surface area contributed by atoms with Gasteiger partial charge < -0.3 is 11.1 Å². The summed E-state index contributed by atoms with van der Waals surface area (Å²) < 4.78 is 0. The smallest absolute Gasteiger partial charge is 0.152 e. The van der Waals surface area contributed by atoms with Crippen LogP contribution in [0.5, 0.6) is 0 Å². The molecule has 0 spiro atoms. The molecule has 0 bridgehead atoms. The molecule has 82 valence electrons. The van der Waals surface area contributed by atoms with Crippen LogP contribution in [-0.2, 0) is 4.79 Å². The van der Waals surface area contributed by atoms with Crippen molar-refractivity contribution in [1.29, 1.82) is 0 Å². The van der Waals surface area contributed by atoms with Crippen LogP contribution in [0.3, 0.4) is 0 Å². The second-order valence-electron chi connectivity index (χ2n) is 4.68. The molecule has 0 aliphatic heterocycles. The Morgan fingerprint density at radius 2 is 1.86 bits per heavy atom. The van der Waals surface area contributed by atoms with Gasteiger partial charge in [-0.05, 0) is 26.7 Å². The highest BCUT2D eigenvalue weighted by molar-refractivity contribution is 5.82. The van der Waals surface area contributed by atoms with E-state index in [0.29, 0.717) is 5.70 Å². The third-order valence-corrected chi connectivity index (χ3v) is 2.21. The highest BCUT2D eigenvalue weighted by Gasteiger charge is 2.23. The fourth-order valence-electron chi connectivity index (χ4n) is 1.11. The lowest BCUT2D eigenvalue weighted by Gasteiger charge is -2.29. The van der Waals surface area contributed by atoms with Crippen molar-refractivity contribution in [2.75, 3.05) is 0 Å². The van der Waals surface area contributed by atoms with Crippen LogP contribution in [0.25, 0.3) is 0 Å². The number of nitrogens with one attached hydrogen (secondary N) is 1. The second-order valence-corrected chi connectivity index (χ2v) is 4.68. The molecule has 3 N–H and O–H groups in total. The Balaban J connectivity index is 4.48. The zero-order valence-corrected chi connectivity index (χ0v) is 9.85. The Kier molecular flexibility index (Phi) is 4.33. The number of hydrogen-bond donors (Lipinski definition) is 2. The number of ketones is 1. The second kappa shape index (κ2) is 4.60. The molecule has 0 saturated carbocycles. The van der Waals surface area contributed by atoms with Crippen LogP contribution < -0.4 is 11.1 Å². The summed E-state index contributed by atoms with van der Waals surface area (Å²) in [6.45, 7) is 13.1. The fourth-order valence-corrected chi connectivity index (χ4v) is 1.11. The maximum atomic E-state index is 11.3. The highest BCUT2D eigenvalue weighted by Crippen LogP contribution is 2.11. The molecule has 0 rings (SSSR count). The fraction of sp³-hybridized carbons (Fsp3) is 0.727. The predicted molar refractivity (Wildman–Crippen MR) is 59.8 cm³/mol. The molecular formula is C11H22N2O. The molecule has 3 nitrogen and oxygen atoms in total. The minimum absolute atomic E-state index is 0.116. The van der Waals surface area contributed by atoms with Crippen molar-refractivity contribution >= 4 is 5.78 Å². The summed E-state index contributed by atoms with van der Waals surface area (Å²) in [4.78, 5) is 11.3. The summed E-state index contributed by atoms with van der Waals surface area (Å²) in [6, 6.07) is -0.190. The molecule has 0 saturated heterocycles. The normalized spacial score (nSPS) is 13.9. The average molecular weight is 198 g/mol. The van der Waals surface area contributed by atoms with Gasteiger partial charge >= 0.3 is 0 Å². The zero-order chi connectivity index (χ0) is 11.5. The van der Waals surface area contributed by atoms with Crippen molar-refractivity contribution in [3.8, 4) is 0 Å². The van der Waals surface area contributed by atoms with Gasteiger partial charge in [0.1, 0.15) is 0 Å². The van der Waals surface area contributed by atoms with Crippen molar-refractivity contribution < 1.29 is 4.79 Å². The summed E-state index contributed by atoms with van der Waals surface area (Å²) in [5.74, 6) is 0.358. The van der Waals surface area contributed by atoms with E-state index in [9.17, 15) is 4.79 Å². The van der Waals surface area contributed by atoms with E-state index in [4.69, 9.17) is 5.73 Å². The van der Waals surface area contributed by atoms with Crippen molar-refractivity contribution in [2.24, 2.45) is 11.7 Å². The molecule has 0 aromatic carbocycles. The molecule has 3 heteroatoms. The van der Waals surface area contributed by atoms with E-state index in [1.165, 1.54) is 0 Å². The topological polar surface area (TPSA) is 55.1 Å². The molecule has 1 atom stereocenters. The van der Waals surface area contributed by atoms with Gasteiger partial charge in [-0.15, -0.1) is 0 Å². The molecule has 0 aliphatic rings. The first kappa shape index (κ1) is 13.2. The van der Waals surface area contributed by atoms with Crippen LogP contribution >= 0.6 is 0 Å². The van der Waals surface area contributed by atoms with Crippen LogP contribution in [0.15, 0.2) is 12.3 Å². The number of Topliss-reactive ketones (excluding diaryl/α,β-unsaturated/α-hetero) is 1. The Bertz CT molecular complexity index is 226. The van der Waals surface area contributed by atoms with Crippen LogP contribution in [0.1, 0.15) is 34.6 Å². The maximum absolute atomic E-state index is 11.3. The van der Waals surface area contributed by atoms with Crippen molar-refractivity contribution in [1.82, 2.24) is 5.32 Å². The van der Waals surface area contributed by atoms with Crippen molar-refractivity contribution in [3.05, 3.63) is 12.3 Å². The van der Waals surface area contributed by atoms with Gasteiger partial charge in [0, 0.05) is 11.2 Å². The predicted octanol–water partition coefficient (Wildman–Crippen LogP) is 1.44. The van der Waals surface area contributed by atoms with Gasteiger partial charge in [-0.25, -0.2) is 0 Å². The minimum Gasteiger partial charge on any atom is -0.377 e. The Labute approximate surface area is 86.8 Å². The SMILES string of the molecule is C=C(N[C@H](C(C)=O)C(C)C)C(C)(C)N. The molecule has 0 amide bonds. The summed E-state index contributed by atoms with van der Waals surface area (Å²) >= 11 is 0. The van der Waals surface area contributed by atoms with Crippen LogP contribution in [0.2, 0.25) is 0 Å². The van der Waals surface area contributed by atoms with Gasteiger partial charge in [0.05, 0.1) is 6.04 Å². The highest BCUT2D eigenvalue weighted by atomic mass is 16.1. The molecule has 0 radical (unpaired) electrons. The summed E-state index contributed by atoms with van der Waals surface area (Å²) in [5, 5.41) is 3.09. The molecule has 0 unspecified atom stereocenters. The van der Waals surface area contributed by atoms with Gasteiger partial charge in [0.2, 0.25) is 0 Å². The number of nitrogens with two attached hydrogens (primary N) is 1. The van der Waals surface area contributed by atoms with Gasteiger partial charge in [0.25, 0.3) is 0 Å². The first-order valence-corrected chi connectivity index (χ1v) is 4.91. The van der Waals surface area contributed by atoms with E-state index < -0.39 is 5.54 Å². The van der Waals surface area contributed by atoms with Gasteiger partial charge in [-0.2, -0.15) is 0 Å². The van der Waals surface area contributed by atoms with Gasteiger partial charge in [0.15, 0.2) is 5.78 Å². The standard InChI is InChI=1S/C11H22N2O/c1-7(2)10(8(3)14)13-9(4)11(5,6)12/h7,10,13H,4,12H2,1-3,5-6H3/t10-/m0/s1. The number of rotatable bonds is 5. The summed E-state index contributed by atoms with van der Waals surface area (Å²) in [7, 11) is 0. The lowest BCUT2D eigenvalue weighted by atomic mass is 9.97. The lowest BCUT2D eigenvalue weighted by Crippen LogP contribution is -2.47. The third kappa shape index (κ3) is 3.92. The van der Waals surface area contributed by atoms with Gasteiger partial charge in [-0.1, -0.05) is 20.4 Å². The van der Waals surface area contributed by atoms with Crippen LogP contribution in [0, 0.1) is 5.92 Å². The Morgan fingerprint density at radius 1 is 1.43 bits per heavy atom. The molecule has 0 aliphatic carbocycles. The number of carbonyl (C=O) groups is 1. The third-order valence-electron chi connectivity index (χ3n) is 2.21. The van der Waals surface area contributed by atoms with E-state index >= 15 is 0 Å². The van der Waals surface area contributed by atoms with E-state index in [2.05, 4.69) is 11.9 Å². The molecule has 0 aromatic rings. The van der Waals surface area contributed by atoms with Crippen LogP contribution in [0.4, 0.5) is 0 Å². The van der Waals surface area contributed by atoms with E-state index in [0.717, 1.165) is 0 Å². The number of carbonyl (C=O) groups excluding carboxylic acids is 1.